The number of rotatable bonds is 2. The monoisotopic (exact) mass is 386 g/mol. The van der Waals surface area contributed by atoms with Crippen LogP contribution < -0.4 is 10.9 Å². The van der Waals surface area contributed by atoms with Crippen molar-refractivity contribution in [1.29, 1.82) is 0 Å². The highest BCUT2D eigenvalue weighted by Crippen LogP contribution is 2.41. The van der Waals surface area contributed by atoms with Gasteiger partial charge in [0.05, 0.1) is 16.8 Å². The van der Waals surface area contributed by atoms with Crippen molar-refractivity contribution in [2.75, 3.05) is 5.32 Å². The van der Waals surface area contributed by atoms with Crippen LogP contribution in [0, 0.1) is 0 Å². The van der Waals surface area contributed by atoms with Crippen molar-refractivity contribution in [2.45, 2.75) is 0 Å². The van der Waals surface area contributed by atoms with E-state index >= 15 is 0 Å². The van der Waals surface area contributed by atoms with Crippen LogP contribution in [0.4, 0.5) is 11.4 Å². The summed E-state index contributed by atoms with van der Waals surface area (Å²) in [6, 6.07) is 20.1. The molecule has 0 radical (unpaired) electrons. The molecule has 1 aromatic heterocycles. The van der Waals surface area contributed by atoms with Gasteiger partial charge in [0.2, 0.25) is 0 Å². The molecule has 0 aliphatic heterocycles. The van der Waals surface area contributed by atoms with Crippen LogP contribution in [-0.2, 0) is 7.05 Å². The fraction of sp³-hybridized carbons (Fsp3) is 0.0435. The quantitative estimate of drug-likeness (QED) is 0.456. The number of carbonyl (C=O) groups excluding carboxylic acids is 1. The lowest BCUT2D eigenvalue weighted by molar-refractivity contribution is 0.104. The lowest BCUT2D eigenvalue weighted by atomic mass is 9.83. The predicted molar refractivity (Wildman–Crippen MR) is 113 cm³/mol. The first kappa shape index (κ1) is 16.8. The smallest absolute Gasteiger partial charge is 0.251 e. The van der Waals surface area contributed by atoms with Crippen molar-refractivity contribution in [3.05, 3.63) is 93.2 Å². The molecule has 4 aromatic rings. The molecule has 0 amide bonds. The third-order valence-corrected chi connectivity index (χ3v) is 5.44. The second-order valence-corrected chi connectivity index (χ2v) is 7.28. The Morgan fingerprint density at radius 1 is 0.857 bits per heavy atom. The molecule has 136 valence electrons. The molecule has 1 aliphatic rings. The molecule has 4 nitrogen and oxygen atoms in total. The maximum Gasteiger partial charge on any atom is 0.251 e. The summed E-state index contributed by atoms with van der Waals surface area (Å²) in [6.45, 7) is 0. The Morgan fingerprint density at radius 2 is 1.64 bits per heavy atom. The van der Waals surface area contributed by atoms with Gasteiger partial charge in [-0.25, -0.2) is 0 Å². The molecule has 0 unspecified atom stereocenters. The summed E-state index contributed by atoms with van der Waals surface area (Å²) in [7, 11) is 1.72. The highest BCUT2D eigenvalue weighted by molar-refractivity contribution is 6.31. The van der Waals surface area contributed by atoms with E-state index in [1.54, 1.807) is 35.9 Å². The molecule has 5 rings (SSSR count). The number of nitrogens with one attached hydrogen (secondary N) is 1. The molecule has 1 heterocycles. The van der Waals surface area contributed by atoms with Gasteiger partial charge in [-0.3, -0.25) is 9.59 Å². The Morgan fingerprint density at radius 3 is 2.43 bits per heavy atom. The Bertz CT molecular complexity index is 1350. The number of benzene rings is 3. The van der Waals surface area contributed by atoms with E-state index in [2.05, 4.69) is 5.32 Å². The van der Waals surface area contributed by atoms with Gasteiger partial charge in [0.15, 0.2) is 5.78 Å². The number of halogens is 1. The molecule has 1 aliphatic carbocycles. The van der Waals surface area contributed by atoms with Crippen molar-refractivity contribution in [3.63, 3.8) is 0 Å². The van der Waals surface area contributed by atoms with Crippen molar-refractivity contribution >= 4 is 39.7 Å². The van der Waals surface area contributed by atoms with Gasteiger partial charge in [0, 0.05) is 34.8 Å². The second kappa shape index (κ2) is 6.08. The Labute approximate surface area is 166 Å². The summed E-state index contributed by atoms with van der Waals surface area (Å²) in [5, 5.41) is 4.72. The summed E-state index contributed by atoms with van der Waals surface area (Å²) >= 11 is 6.11. The summed E-state index contributed by atoms with van der Waals surface area (Å²) in [5.41, 5.74) is 4.87. The summed E-state index contributed by atoms with van der Waals surface area (Å²) in [4.78, 5) is 25.9. The third-order valence-electron chi connectivity index (χ3n) is 5.20. The second-order valence-electron chi connectivity index (χ2n) is 6.85. The van der Waals surface area contributed by atoms with Gasteiger partial charge < -0.3 is 9.88 Å². The van der Waals surface area contributed by atoms with Gasteiger partial charge in [-0.2, -0.15) is 0 Å². The minimum absolute atomic E-state index is 0.0584. The fourth-order valence-corrected chi connectivity index (χ4v) is 4.07. The number of aromatic nitrogens is 1. The number of pyridine rings is 1. The average molecular weight is 387 g/mol. The molecule has 1 N–H and O–H groups in total. The first-order valence-corrected chi connectivity index (χ1v) is 9.26. The summed E-state index contributed by atoms with van der Waals surface area (Å²) in [6.07, 6.45) is 0. The topological polar surface area (TPSA) is 51.1 Å². The first-order chi connectivity index (χ1) is 13.5. The Balaban J connectivity index is 1.86. The zero-order chi connectivity index (χ0) is 19.4. The van der Waals surface area contributed by atoms with E-state index in [4.69, 9.17) is 11.6 Å². The van der Waals surface area contributed by atoms with Crippen molar-refractivity contribution < 1.29 is 4.79 Å². The summed E-state index contributed by atoms with van der Waals surface area (Å²) < 4.78 is 1.58. The van der Waals surface area contributed by atoms with E-state index in [-0.39, 0.29) is 11.3 Å². The molecule has 28 heavy (non-hydrogen) atoms. The number of fused-ring (bicyclic) bond motifs is 2. The third kappa shape index (κ3) is 2.38. The maximum absolute atomic E-state index is 13.4. The molecule has 3 aromatic carbocycles. The van der Waals surface area contributed by atoms with E-state index < -0.39 is 0 Å². The predicted octanol–water partition coefficient (Wildman–Crippen LogP) is 5.15. The highest BCUT2D eigenvalue weighted by Gasteiger charge is 2.28. The SMILES string of the molecule is Cn1c(=O)cc2c3c(c(Nc4cccc(Cl)c4)ccc31)C(=O)c1ccccc1-2. The van der Waals surface area contributed by atoms with E-state index in [1.165, 1.54) is 0 Å². The number of nitrogens with zero attached hydrogens (tertiary/aromatic N) is 1. The highest BCUT2D eigenvalue weighted by atomic mass is 35.5. The van der Waals surface area contributed by atoms with Crippen LogP contribution in [0.25, 0.3) is 22.0 Å². The lowest BCUT2D eigenvalue weighted by Crippen LogP contribution is -2.21. The summed E-state index contributed by atoms with van der Waals surface area (Å²) in [5.74, 6) is -0.0584. The van der Waals surface area contributed by atoms with Crippen LogP contribution in [0.2, 0.25) is 5.02 Å². The van der Waals surface area contributed by atoms with Gasteiger partial charge in [0.1, 0.15) is 0 Å². The zero-order valence-electron chi connectivity index (χ0n) is 15.0. The number of anilines is 2. The van der Waals surface area contributed by atoms with Crippen molar-refractivity contribution in [1.82, 2.24) is 4.57 Å². The molecule has 0 saturated carbocycles. The average Bonchev–Trinajstić information content (AvgIpc) is 2.69. The Hall–Kier alpha value is -3.37. The molecular formula is C23H15ClN2O2. The number of hydrogen-bond acceptors (Lipinski definition) is 3. The van der Waals surface area contributed by atoms with Crippen LogP contribution in [0.15, 0.2) is 71.5 Å². The lowest BCUT2D eigenvalue weighted by Gasteiger charge is -2.23. The number of aryl methyl sites for hydroxylation is 1. The molecule has 0 saturated heterocycles. The zero-order valence-corrected chi connectivity index (χ0v) is 15.7. The molecular weight excluding hydrogens is 372 g/mol. The number of ketones is 1. The van der Waals surface area contributed by atoms with Gasteiger partial charge in [0.25, 0.3) is 5.56 Å². The molecule has 0 atom stereocenters. The van der Waals surface area contributed by atoms with E-state index in [1.807, 2.05) is 42.5 Å². The van der Waals surface area contributed by atoms with Gasteiger partial charge in [-0.1, -0.05) is 41.9 Å². The van der Waals surface area contributed by atoms with E-state index in [0.29, 0.717) is 21.8 Å². The maximum atomic E-state index is 13.4. The van der Waals surface area contributed by atoms with Crippen LogP contribution in [0.3, 0.4) is 0 Å². The Kier molecular flexibility index (Phi) is 3.64. The molecule has 0 fully saturated rings. The minimum Gasteiger partial charge on any atom is -0.355 e. The van der Waals surface area contributed by atoms with Crippen LogP contribution in [-0.4, -0.2) is 10.4 Å². The van der Waals surface area contributed by atoms with Crippen LogP contribution in [0.1, 0.15) is 15.9 Å². The van der Waals surface area contributed by atoms with E-state index in [9.17, 15) is 9.59 Å². The van der Waals surface area contributed by atoms with Crippen LogP contribution >= 0.6 is 11.6 Å². The van der Waals surface area contributed by atoms with Gasteiger partial charge in [-0.15, -0.1) is 0 Å². The van der Waals surface area contributed by atoms with Gasteiger partial charge in [-0.05, 0) is 41.5 Å². The minimum atomic E-state index is -0.104. The molecule has 0 bridgehead atoms. The largest absolute Gasteiger partial charge is 0.355 e. The fourth-order valence-electron chi connectivity index (χ4n) is 3.88. The van der Waals surface area contributed by atoms with Gasteiger partial charge >= 0.3 is 0 Å². The molecule has 0 spiro atoms. The van der Waals surface area contributed by atoms with E-state index in [0.717, 1.165) is 27.7 Å². The van der Waals surface area contributed by atoms with Crippen LogP contribution in [0.5, 0.6) is 0 Å². The number of hydrogen-bond donors (Lipinski definition) is 1. The van der Waals surface area contributed by atoms with Crippen molar-refractivity contribution in [3.8, 4) is 11.1 Å². The normalized spacial score (nSPS) is 12.1. The molecule has 5 heteroatoms. The first-order valence-electron chi connectivity index (χ1n) is 8.88. The number of carbonyl (C=O) groups is 1. The standard InChI is InChI=1S/C23H15ClN2O2/c1-26-19-10-9-18(25-14-6-4-5-13(24)11-14)22-21(19)17(12-20(26)27)15-7-2-3-8-16(15)23(22)28/h2-12,25H,1H3. The van der Waals surface area contributed by atoms with Crippen molar-refractivity contribution in [2.24, 2.45) is 7.05 Å².